The van der Waals surface area contributed by atoms with Crippen molar-refractivity contribution in [3.8, 4) is 0 Å². The number of amides is 1. The van der Waals surface area contributed by atoms with Gasteiger partial charge in [0.2, 0.25) is 0 Å². The van der Waals surface area contributed by atoms with Gasteiger partial charge >= 0.3 is 12.1 Å². The molecule has 1 amide bonds. The standard InChI is InChI=1S/C13H14ClNO3/c14-9-2-1-3-10-13(9,7-6-8-4-5-8)11(16)18-12(17)15-10/h1-3,8,10H,4-7H2,(H,15,17). The van der Waals surface area contributed by atoms with Gasteiger partial charge in [0.1, 0.15) is 5.41 Å². The zero-order valence-electron chi connectivity index (χ0n) is 9.82. The van der Waals surface area contributed by atoms with E-state index in [1.54, 1.807) is 18.2 Å². The molecule has 5 heteroatoms. The van der Waals surface area contributed by atoms with Gasteiger partial charge in [0.05, 0.1) is 6.04 Å². The van der Waals surface area contributed by atoms with Crippen molar-refractivity contribution >= 4 is 23.7 Å². The van der Waals surface area contributed by atoms with Crippen LogP contribution in [0.1, 0.15) is 25.7 Å². The first-order valence-corrected chi connectivity index (χ1v) is 6.58. The SMILES string of the molecule is O=C1NC2C=CC=C(Cl)C2(CCC2CC2)C(=O)O1. The summed E-state index contributed by atoms with van der Waals surface area (Å²) in [6.07, 6.45) is 8.60. The molecule has 2 atom stereocenters. The highest BCUT2D eigenvalue weighted by Crippen LogP contribution is 2.47. The first-order chi connectivity index (χ1) is 8.63. The van der Waals surface area contributed by atoms with Gasteiger partial charge in [0, 0.05) is 5.03 Å². The summed E-state index contributed by atoms with van der Waals surface area (Å²) in [7, 11) is 0. The normalized spacial score (nSPS) is 34.5. The third kappa shape index (κ3) is 1.75. The van der Waals surface area contributed by atoms with E-state index in [4.69, 9.17) is 16.3 Å². The lowest BCUT2D eigenvalue weighted by Gasteiger charge is -2.41. The fraction of sp³-hybridized carbons (Fsp3) is 0.538. The summed E-state index contributed by atoms with van der Waals surface area (Å²) < 4.78 is 4.73. The molecule has 0 aromatic rings. The maximum atomic E-state index is 12.2. The Kier molecular flexibility index (Phi) is 2.70. The number of cyclic esters (lactones) is 2. The maximum absolute atomic E-state index is 12.2. The third-order valence-corrected chi connectivity index (χ3v) is 4.43. The molecular weight excluding hydrogens is 254 g/mol. The van der Waals surface area contributed by atoms with E-state index in [9.17, 15) is 9.59 Å². The molecular formula is C13H14ClNO3. The monoisotopic (exact) mass is 267 g/mol. The van der Waals surface area contributed by atoms with Gasteiger partial charge in [-0.1, -0.05) is 36.6 Å². The molecule has 4 nitrogen and oxygen atoms in total. The fourth-order valence-corrected chi connectivity index (χ4v) is 3.02. The Bertz CT molecular complexity index is 467. The number of hydrogen-bond donors (Lipinski definition) is 1. The van der Waals surface area contributed by atoms with Gasteiger partial charge in [-0.25, -0.2) is 4.79 Å². The molecule has 1 aliphatic heterocycles. The van der Waals surface area contributed by atoms with Crippen LogP contribution in [0.2, 0.25) is 0 Å². The third-order valence-electron chi connectivity index (χ3n) is 3.97. The van der Waals surface area contributed by atoms with Crippen LogP contribution in [0.4, 0.5) is 4.79 Å². The number of esters is 1. The second kappa shape index (κ2) is 4.12. The minimum atomic E-state index is -0.910. The van der Waals surface area contributed by atoms with Crippen molar-refractivity contribution < 1.29 is 14.3 Å². The number of allylic oxidation sites excluding steroid dienone is 2. The Hall–Kier alpha value is -1.29. The Labute approximate surface area is 110 Å². The molecule has 2 fully saturated rings. The van der Waals surface area contributed by atoms with E-state index < -0.39 is 17.5 Å². The highest BCUT2D eigenvalue weighted by Gasteiger charge is 2.54. The maximum Gasteiger partial charge on any atom is 0.415 e. The average molecular weight is 268 g/mol. The highest BCUT2D eigenvalue weighted by molar-refractivity contribution is 6.32. The molecule has 0 aromatic heterocycles. The Balaban J connectivity index is 1.91. The van der Waals surface area contributed by atoms with E-state index in [0.717, 1.165) is 6.42 Å². The van der Waals surface area contributed by atoms with Crippen LogP contribution in [0.15, 0.2) is 23.3 Å². The quantitative estimate of drug-likeness (QED) is 0.631. The molecule has 96 valence electrons. The van der Waals surface area contributed by atoms with Gasteiger partial charge in [-0.15, -0.1) is 0 Å². The van der Waals surface area contributed by atoms with Crippen LogP contribution in [0, 0.1) is 11.3 Å². The minimum absolute atomic E-state index is 0.387. The van der Waals surface area contributed by atoms with E-state index in [2.05, 4.69) is 5.32 Å². The fourth-order valence-electron chi connectivity index (χ4n) is 2.66. The predicted octanol–water partition coefficient (Wildman–Crippen LogP) is 2.49. The molecule has 1 saturated carbocycles. The molecule has 1 saturated heterocycles. The molecule has 1 heterocycles. The number of halogens is 1. The van der Waals surface area contributed by atoms with Crippen LogP contribution in [0.5, 0.6) is 0 Å². The van der Waals surface area contributed by atoms with Crippen LogP contribution in [-0.4, -0.2) is 18.1 Å². The van der Waals surface area contributed by atoms with Gasteiger partial charge in [-0.2, -0.15) is 0 Å². The number of alkyl carbamates (subject to hydrolysis) is 1. The van der Waals surface area contributed by atoms with Gasteiger partial charge < -0.3 is 10.1 Å². The van der Waals surface area contributed by atoms with Gasteiger partial charge in [-0.05, 0) is 24.8 Å². The van der Waals surface area contributed by atoms with Crippen LogP contribution in [-0.2, 0) is 9.53 Å². The minimum Gasteiger partial charge on any atom is -0.375 e. The number of carbonyl (C=O) groups excluding carboxylic acids is 2. The first-order valence-electron chi connectivity index (χ1n) is 6.20. The summed E-state index contributed by atoms with van der Waals surface area (Å²) in [6.45, 7) is 0. The summed E-state index contributed by atoms with van der Waals surface area (Å²) in [4.78, 5) is 23.4. The molecule has 0 radical (unpaired) electrons. The molecule has 3 rings (SSSR count). The van der Waals surface area contributed by atoms with Crippen LogP contribution >= 0.6 is 11.6 Å². The van der Waals surface area contributed by atoms with Crippen molar-refractivity contribution in [2.75, 3.05) is 0 Å². The summed E-state index contributed by atoms with van der Waals surface area (Å²) in [6, 6.07) is -0.387. The van der Waals surface area contributed by atoms with E-state index in [0.29, 0.717) is 17.4 Å². The average Bonchev–Trinajstić information content (AvgIpc) is 3.11. The van der Waals surface area contributed by atoms with Crippen molar-refractivity contribution in [1.29, 1.82) is 0 Å². The summed E-state index contributed by atoms with van der Waals surface area (Å²) in [5.41, 5.74) is -0.910. The van der Waals surface area contributed by atoms with Crippen molar-refractivity contribution in [3.63, 3.8) is 0 Å². The summed E-state index contributed by atoms with van der Waals surface area (Å²) in [5, 5.41) is 3.13. The van der Waals surface area contributed by atoms with E-state index in [1.165, 1.54) is 12.8 Å². The Morgan fingerprint density at radius 1 is 1.44 bits per heavy atom. The van der Waals surface area contributed by atoms with Gasteiger partial charge in [0.25, 0.3) is 0 Å². The van der Waals surface area contributed by atoms with Gasteiger partial charge in [0.15, 0.2) is 0 Å². The zero-order chi connectivity index (χ0) is 12.8. The largest absolute Gasteiger partial charge is 0.415 e. The summed E-state index contributed by atoms with van der Waals surface area (Å²) >= 11 is 6.25. The number of ether oxygens (including phenoxy) is 1. The van der Waals surface area contributed by atoms with E-state index in [-0.39, 0.29) is 6.04 Å². The van der Waals surface area contributed by atoms with E-state index >= 15 is 0 Å². The second-order valence-corrected chi connectivity index (χ2v) is 5.56. The molecule has 0 bridgehead atoms. The topological polar surface area (TPSA) is 55.4 Å². The predicted molar refractivity (Wildman–Crippen MR) is 65.9 cm³/mol. The number of nitrogens with one attached hydrogen (secondary N) is 1. The smallest absolute Gasteiger partial charge is 0.375 e. The summed E-state index contributed by atoms with van der Waals surface area (Å²) in [5.74, 6) is 0.170. The first kappa shape index (κ1) is 11.8. The van der Waals surface area contributed by atoms with Crippen molar-refractivity contribution in [3.05, 3.63) is 23.3 Å². The molecule has 0 spiro atoms. The lowest BCUT2D eigenvalue weighted by atomic mass is 9.72. The molecule has 18 heavy (non-hydrogen) atoms. The lowest BCUT2D eigenvalue weighted by Crippen LogP contribution is -2.58. The molecule has 3 aliphatic rings. The number of carbonyl (C=O) groups is 2. The molecule has 0 aromatic carbocycles. The van der Waals surface area contributed by atoms with Crippen LogP contribution in [0.25, 0.3) is 0 Å². The van der Waals surface area contributed by atoms with E-state index in [1.807, 2.05) is 0 Å². The number of hydrogen-bond acceptors (Lipinski definition) is 3. The zero-order valence-corrected chi connectivity index (χ0v) is 10.6. The Morgan fingerprint density at radius 3 is 2.94 bits per heavy atom. The number of rotatable bonds is 3. The highest BCUT2D eigenvalue weighted by atomic mass is 35.5. The molecule has 2 aliphatic carbocycles. The van der Waals surface area contributed by atoms with Crippen molar-refractivity contribution in [1.82, 2.24) is 5.32 Å². The lowest BCUT2D eigenvalue weighted by molar-refractivity contribution is -0.151. The number of fused-ring (bicyclic) bond motifs is 1. The van der Waals surface area contributed by atoms with Crippen molar-refractivity contribution in [2.24, 2.45) is 11.3 Å². The Morgan fingerprint density at radius 2 is 2.22 bits per heavy atom. The van der Waals surface area contributed by atoms with Crippen LogP contribution in [0.3, 0.4) is 0 Å². The molecule has 2 unspecified atom stereocenters. The molecule has 1 N–H and O–H groups in total. The second-order valence-electron chi connectivity index (χ2n) is 5.15. The van der Waals surface area contributed by atoms with Gasteiger partial charge in [-0.3, -0.25) is 4.79 Å². The van der Waals surface area contributed by atoms with Crippen LogP contribution < -0.4 is 5.32 Å². The van der Waals surface area contributed by atoms with Crippen molar-refractivity contribution in [2.45, 2.75) is 31.7 Å².